The number of benzene rings is 1. The number of nitrogens with zero attached hydrogens (tertiary/aromatic N) is 2. The average Bonchev–Trinajstić information content (AvgIpc) is 2.38. The smallest absolute Gasteiger partial charge is 0.293 e. The molecule has 0 aliphatic rings. The Labute approximate surface area is 112 Å². The highest BCUT2D eigenvalue weighted by Crippen LogP contribution is 2.27. The molecule has 0 bridgehead atoms. The monoisotopic (exact) mass is 265 g/mol. The Morgan fingerprint density at radius 3 is 2.53 bits per heavy atom. The average molecular weight is 265 g/mol. The molecule has 0 saturated heterocycles. The van der Waals surface area contributed by atoms with Crippen LogP contribution in [0.2, 0.25) is 0 Å². The van der Waals surface area contributed by atoms with Gasteiger partial charge in [-0.1, -0.05) is 26.0 Å². The van der Waals surface area contributed by atoms with Crippen LogP contribution in [-0.2, 0) is 4.79 Å². The fraction of sp³-hybridized carbons (Fsp3) is 0.462. The largest absolute Gasteiger partial charge is 0.319 e. The molecule has 0 heterocycles. The van der Waals surface area contributed by atoms with E-state index in [1.165, 1.54) is 6.07 Å². The maximum atomic E-state index is 11.9. The molecule has 0 fully saturated rings. The third-order valence-corrected chi connectivity index (χ3v) is 2.97. The number of carbonyl (C=O) groups excluding carboxylic acids is 1. The molecule has 1 N–H and O–H groups in total. The van der Waals surface area contributed by atoms with Gasteiger partial charge < -0.3 is 5.32 Å². The van der Waals surface area contributed by atoms with Gasteiger partial charge in [-0.25, -0.2) is 0 Å². The van der Waals surface area contributed by atoms with E-state index in [1.807, 2.05) is 18.7 Å². The van der Waals surface area contributed by atoms with Crippen molar-refractivity contribution >= 4 is 17.3 Å². The fourth-order valence-corrected chi connectivity index (χ4v) is 1.80. The lowest BCUT2D eigenvalue weighted by molar-refractivity contribution is -0.384. The minimum absolute atomic E-state index is 0.0760. The summed E-state index contributed by atoms with van der Waals surface area (Å²) in [7, 11) is 0. The molecule has 0 aromatic heterocycles. The van der Waals surface area contributed by atoms with Crippen molar-refractivity contribution in [2.75, 3.05) is 25.0 Å². The van der Waals surface area contributed by atoms with Crippen LogP contribution in [0.5, 0.6) is 0 Å². The number of nitro benzene ring substituents is 1. The molecule has 1 aromatic rings. The molecule has 0 radical (unpaired) electrons. The highest BCUT2D eigenvalue weighted by atomic mass is 16.6. The molecule has 6 heteroatoms. The summed E-state index contributed by atoms with van der Waals surface area (Å²) in [5.74, 6) is -0.235. The molecule has 0 atom stereocenters. The summed E-state index contributed by atoms with van der Waals surface area (Å²) < 4.78 is 0. The predicted octanol–water partition coefficient (Wildman–Crippen LogP) is 2.18. The maximum Gasteiger partial charge on any atom is 0.293 e. The lowest BCUT2D eigenvalue weighted by atomic mass is 10.1. The summed E-state index contributed by atoms with van der Waals surface area (Å²) in [6.45, 7) is 7.43. The molecule has 0 aliphatic heterocycles. The number of nitro groups is 1. The third kappa shape index (κ3) is 4.03. The fourth-order valence-electron chi connectivity index (χ4n) is 1.80. The third-order valence-electron chi connectivity index (χ3n) is 2.97. The normalized spacial score (nSPS) is 10.5. The van der Waals surface area contributed by atoms with E-state index in [0.29, 0.717) is 5.56 Å². The van der Waals surface area contributed by atoms with E-state index >= 15 is 0 Å². The van der Waals surface area contributed by atoms with Crippen molar-refractivity contribution in [3.05, 3.63) is 33.9 Å². The van der Waals surface area contributed by atoms with Gasteiger partial charge in [0, 0.05) is 6.07 Å². The SMILES string of the molecule is CCN(CC)CC(=O)Nc1c(C)cccc1[N+](=O)[O-]. The van der Waals surface area contributed by atoms with E-state index < -0.39 is 4.92 Å². The molecule has 19 heavy (non-hydrogen) atoms. The van der Waals surface area contributed by atoms with E-state index in [1.54, 1.807) is 19.1 Å². The van der Waals surface area contributed by atoms with Crippen molar-refractivity contribution in [3.8, 4) is 0 Å². The number of carbonyl (C=O) groups is 1. The van der Waals surface area contributed by atoms with Crippen LogP contribution in [0, 0.1) is 17.0 Å². The topological polar surface area (TPSA) is 75.5 Å². The summed E-state index contributed by atoms with van der Waals surface area (Å²) in [4.78, 5) is 24.3. The van der Waals surface area contributed by atoms with Crippen LogP contribution in [0.25, 0.3) is 0 Å². The number of nitrogens with one attached hydrogen (secondary N) is 1. The van der Waals surface area contributed by atoms with Gasteiger partial charge in [0.1, 0.15) is 5.69 Å². The number of hydrogen-bond donors (Lipinski definition) is 1. The summed E-state index contributed by atoms with van der Waals surface area (Å²) in [6.07, 6.45) is 0. The quantitative estimate of drug-likeness (QED) is 0.632. The second-order valence-corrected chi connectivity index (χ2v) is 4.24. The van der Waals surface area contributed by atoms with Gasteiger partial charge in [-0.05, 0) is 25.6 Å². The molecule has 104 valence electrons. The van der Waals surface area contributed by atoms with E-state index in [-0.39, 0.29) is 23.8 Å². The number of rotatable bonds is 6. The molecule has 0 spiro atoms. The first-order chi connectivity index (χ1) is 8.99. The molecule has 1 rings (SSSR count). The minimum Gasteiger partial charge on any atom is -0.319 e. The molecular weight excluding hydrogens is 246 g/mol. The number of anilines is 1. The molecule has 6 nitrogen and oxygen atoms in total. The maximum absolute atomic E-state index is 11.9. The molecule has 0 unspecified atom stereocenters. The lowest BCUT2D eigenvalue weighted by Gasteiger charge is -2.17. The van der Waals surface area contributed by atoms with Crippen LogP contribution in [0.15, 0.2) is 18.2 Å². The van der Waals surface area contributed by atoms with Crippen LogP contribution >= 0.6 is 0 Å². The molecule has 0 aliphatic carbocycles. The highest BCUT2D eigenvalue weighted by molar-refractivity contribution is 5.95. The predicted molar refractivity (Wildman–Crippen MR) is 74.3 cm³/mol. The van der Waals surface area contributed by atoms with Crippen LogP contribution < -0.4 is 5.32 Å². The zero-order chi connectivity index (χ0) is 14.4. The zero-order valence-electron chi connectivity index (χ0n) is 11.5. The Hall–Kier alpha value is -1.95. The second-order valence-electron chi connectivity index (χ2n) is 4.24. The lowest BCUT2D eigenvalue weighted by Crippen LogP contribution is -2.33. The summed E-state index contributed by atoms with van der Waals surface area (Å²) in [5, 5.41) is 13.6. The summed E-state index contributed by atoms with van der Waals surface area (Å²) in [5.41, 5.74) is 0.889. The summed E-state index contributed by atoms with van der Waals surface area (Å²) in [6, 6.07) is 4.73. The van der Waals surface area contributed by atoms with Gasteiger partial charge in [0.05, 0.1) is 11.5 Å². The van der Waals surface area contributed by atoms with Crippen molar-refractivity contribution in [1.82, 2.24) is 4.90 Å². The molecule has 0 saturated carbocycles. The Kier molecular flexibility index (Phi) is 5.44. The number of likely N-dealkylation sites (N-methyl/N-ethyl adjacent to an activating group) is 1. The van der Waals surface area contributed by atoms with Crippen molar-refractivity contribution < 1.29 is 9.72 Å². The van der Waals surface area contributed by atoms with Gasteiger partial charge in [-0.3, -0.25) is 19.8 Å². The standard InChI is InChI=1S/C13H19N3O3/c1-4-15(5-2)9-12(17)14-13-10(3)7-6-8-11(13)16(18)19/h6-8H,4-5,9H2,1-3H3,(H,14,17). The van der Waals surface area contributed by atoms with E-state index in [2.05, 4.69) is 5.32 Å². The van der Waals surface area contributed by atoms with Crippen molar-refractivity contribution in [2.45, 2.75) is 20.8 Å². The highest BCUT2D eigenvalue weighted by Gasteiger charge is 2.18. The van der Waals surface area contributed by atoms with Gasteiger partial charge in [0.2, 0.25) is 5.91 Å². The first-order valence-electron chi connectivity index (χ1n) is 6.25. The van der Waals surface area contributed by atoms with Crippen LogP contribution in [0.4, 0.5) is 11.4 Å². The first kappa shape index (κ1) is 15.1. The Morgan fingerprint density at radius 2 is 2.00 bits per heavy atom. The Balaban J connectivity index is 2.87. The number of para-hydroxylation sites is 1. The van der Waals surface area contributed by atoms with Crippen LogP contribution in [-0.4, -0.2) is 35.4 Å². The molecule has 1 amide bonds. The molecular formula is C13H19N3O3. The Morgan fingerprint density at radius 1 is 1.37 bits per heavy atom. The minimum atomic E-state index is -0.486. The molecule has 1 aromatic carbocycles. The Bertz CT molecular complexity index is 470. The van der Waals surface area contributed by atoms with Gasteiger partial charge >= 0.3 is 0 Å². The van der Waals surface area contributed by atoms with E-state index in [0.717, 1.165) is 13.1 Å². The zero-order valence-corrected chi connectivity index (χ0v) is 11.5. The number of amides is 1. The number of hydrogen-bond acceptors (Lipinski definition) is 4. The van der Waals surface area contributed by atoms with Crippen LogP contribution in [0.3, 0.4) is 0 Å². The van der Waals surface area contributed by atoms with Crippen molar-refractivity contribution in [3.63, 3.8) is 0 Å². The number of aryl methyl sites for hydroxylation is 1. The van der Waals surface area contributed by atoms with Gasteiger partial charge in [-0.2, -0.15) is 0 Å². The second kappa shape index (κ2) is 6.84. The van der Waals surface area contributed by atoms with Gasteiger partial charge in [0.25, 0.3) is 5.69 Å². The van der Waals surface area contributed by atoms with E-state index in [9.17, 15) is 14.9 Å². The van der Waals surface area contributed by atoms with Crippen molar-refractivity contribution in [2.24, 2.45) is 0 Å². The van der Waals surface area contributed by atoms with Gasteiger partial charge in [0.15, 0.2) is 0 Å². The summed E-state index contributed by atoms with van der Waals surface area (Å²) >= 11 is 0. The first-order valence-corrected chi connectivity index (χ1v) is 6.25. The van der Waals surface area contributed by atoms with Crippen LogP contribution in [0.1, 0.15) is 19.4 Å². The van der Waals surface area contributed by atoms with Gasteiger partial charge in [-0.15, -0.1) is 0 Å². The van der Waals surface area contributed by atoms with E-state index in [4.69, 9.17) is 0 Å². The van der Waals surface area contributed by atoms with Crippen molar-refractivity contribution in [1.29, 1.82) is 0 Å².